The van der Waals surface area contributed by atoms with E-state index in [2.05, 4.69) is 0 Å². The maximum atomic E-state index is 10.3. The Hall–Kier alpha value is -0.520. The van der Waals surface area contributed by atoms with Crippen LogP contribution in [0.4, 0.5) is 0 Å². The normalized spacial score (nSPS) is 51.7. The van der Waals surface area contributed by atoms with Crippen molar-refractivity contribution in [1.29, 1.82) is 0 Å². The van der Waals surface area contributed by atoms with Gasteiger partial charge in [-0.1, -0.05) is 0 Å². The summed E-state index contributed by atoms with van der Waals surface area (Å²) >= 11 is 0. The Morgan fingerprint density at radius 1 is 0.586 bits per heavy atom. The van der Waals surface area contributed by atoms with Gasteiger partial charge in [0.1, 0.15) is 54.9 Å². The van der Waals surface area contributed by atoms with Crippen LogP contribution in [0.2, 0.25) is 0 Å². The average molecular weight is 428 g/mol. The van der Waals surface area contributed by atoms with E-state index in [9.17, 15) is 35.7 Å². The lowest BCUT2D eigenvalue weighted by Crippen LogP contribution is -2.62. The molecule has 0 radical (unpaired) electrons. The van der Waals surface area contributed by atoms with Gasteiger partial charge in [-0.25, -0.2) is 0 Å². The van der Waals surface area contributed by atoms with Crippen LogP contribution < -0.4 is 0 Å². The summed E-state index contributed by atoms with van der Waals surface area (Å²) in [5.74, 6) is 0. The second-order valence-corrected chi connectivity index (χ2v) is 7.20. The first-order valence-corrected chi connectivity index (χ1v) is 9.19. The number of hydrogen-bond donors (Lipinski definition) is 7. The van der Waals surface area contributed by atoms with E-state index in [4.69, 9.17) is 28.4 Å². The van der Waals surface area contributed by atoms with Gasteiger partial charge in [0, 0.05) is 7.11 Å². The maximum Gasteiger partial charge on any atom is 0.187 e. The fraction of sp³-hybridized carbons (Fsp3) is 1.00. The Morgan fingerprint density at radius 3 is 1.79 bits per heavy atom. The van der Waals surface area contributed by atoms with E-state index < -0.39 is 73.8 Å². The summed E-state index contributed by atoms with van der Waals surface area (Å²) in [4.78, 5) is 0. The van der Waals surface area contributed by atoms with Crippen molar-refractivity contribution >= 4 is 0 Å². The molecule has 3 rings (SSSR count). The highest BCUT2D eigenvalue weighted by atomic mass is 16.8. The molecular weight excluding hydrogens is 400 g/mol. The summed E-state index contributed by atoms with van der Waals surface area (Å²) in [6, 6.07) is 0. The molecule has 29 heavy (non-hydrogen) atoms. The summed E-state index contributed by atoms with van der Waals surface area (Å²) in [5, 5.41) is 69.8. The fourth-order valence-corrected chi connectivity index (χ4v) is 3.35. The minimum Gasteiger partial charge on any atom is -0.388 e. The smallest absolute Gasteiger partial charge is 0.187 e. The molecule has 0 amide bonds. The van der Waals surface area contributed by atoms with Crippen molar-refractivity contribution in [3.8, 4) is 0 Å². The monoisotopic (exact) mass is 428 g/mol. The lowest BCUT2D eigenvalue weighted by molar-refractivity contribution is -0.362. The number of hydrogen-bond acceptors (Lipinski definition) is 13. The van der Waals surface area contributed by atoms with Gasteiger partial charge in [0.05, 0.1) is 19.8 Å². The van der Waals surface area contributed by atoms with Crippen LogP contribution in [-0.4, -0.2) is 136 Å². The molecule has 0 bridgehead atoms. The van der Waals surface area contributed by atoms with E-state index in [0.29, 0.717) is 0 Å². The second kappa shape index (κ2) is 9.74. The van der Waals surface area contributed by atoms with E-state index in [0.717, 1.165) is 0 Å². The molecule has 0 aromatic rings. The Kier molecular flexibility index (Phi) is 7.77. The van der Waals surface area contributed by atoms with Gasteiger partial charge in [-0.3, -0.25) is 0 Å². The van der Waals surface area contributed by atoms with Gasteiger partial charge in [0.25, 0.3) is 0 Å². The topological polar surface area (TPSA) is 197 Å². The standard InChI is InChI=1S/C16H28O13/c1-24-14-12(23)10(21)7(4-27-14)28-16-13(9(20)6(18)3-26-16)29-15-11(22)8(19)5(17)2-25-15/h5-23H,2-4H2,1H3/t5-,6-,7-,8-,9-,10-,11+,12+,13+,14-,15+,16+/m1/s1. The van der Waals surface area contributed by atoms with Crippen LogP contribution in [-0.2, 0) is 28.4 Å². The maximum absolute atomic E-state index is 10.3. The number of methoxy groups -OCH3 is 1. The van der Waals surface area contributed by atoms with Crippen LogP contribution >= 0.6 is 0 Å². The van der Waals surface area contributed by atoms with Crippen LogP contribution in [0.25, 0.3) is 0 Å². The molecule has 0 aromatic carbocycles. The Balaban J connectivity index is 1.68. The highest BCUT2D eigenvalue weighted by Crippen LogP contribution is 2.28. The molecule has 170 valence electrons. The molecule has 13 nitrogen and oxygen atoms in total. The summed E-state index contributed by atoms with van der Waals surface area (Å²) < 4.78 is 31.7. The van der Waals surface area contributed by atoms with E-state index in [-0.39, 0.29) is 19.8 Å². The largest absolute Gasteiger partial charge is 0.388 e. The molecule has 12 atom stereocenters. The average Bonchev–Trinajstić information content (AvgIpc) is 2.71. The first kappa shape index (κ1) is 23.1. The van der Waals surface area contributed by atoms with Crippen molar-refractivity contribution in [2.45, 2.75) is 73.8 Å². The van der Waals surface area contributed by atoms with Crippen LogP contribution in [0, 0.1) is 0 Å². The van der Waals surface area contributed by atoms with Crippen molar-refractivity contribution in [1.82, 2.24) is 0 Å². The molecular formula is C16H28O13. The first-order valence-electron chi connectivity index (χ1n) is 9.19. The molecule has 0 unspecified atom stereocenters. The Bertz CT molecular complexity index is 523. The highest BCUT2D eigenvalue weighted by Gasteiger charge is 2.48. The Morgan fingerprint density at radius 2 is 1.14 bits per heavy atom. The molecule has 7 N–H and O–H groups in total. The van der Waals surface area contributed by atoms with Gasteiger partial charge in [-0.05, 0) is 0 Å². The van der Waals surface area contributed by atoms with Gasteiger partial charge in [-0.2, -0.15) is 0 Å². The zero-order chi connectivity index (χ0) is 21.3. The molecule has 3 aliphatic heterocycles. The van der Waals surface area contributed by atoms with E-state index >= 15 is 0 Å². The van der Waals surface area contributed by atoms with Crippen molar-refractivity contribution in [3.63, 3.8) is 0 Å². The molecule has 3 heterocycles. The number of rotatable bonds is 5. The van der Waals surface area contributed by atoms with Crippen LogP contribution in [0.3, 0.4) is 0 Å². The van der Waals surface area contributed by atoms with Crippen LogP contribution in [0.5, 0.6) is 0 Å². The van der Waals surface area contributed by atoms with Gasteiger partial charge in [0.2, 0.25) is 0 Å². The van der Waals surface area contributed by atoms with Crippen LogP contribution in [0.15, 0.2) is 0 Å². The molecule has 13 heteroatoms. The quantitative estimate of drug-likeness (QED) is 0.220. The number of aliphatic hydroxyl groups is 7. The SMILES string of the molecule is CO[C@@H]1OC[C@@H](O[C@@H]2OC[C@@H](O)[C@@H](O)[C@@H]2O[C@@H]2OC[C@@H](O)[C@@H](O)[C@@H]2O)[C@@H](O)[C@@H]1O. The molecule has 3 saturated heterocycles. The van der Waals surface area contributed by atoms with Gasteiger partial charge < -0.3 is 64.2 Å². The lowest BCUT2D eigenvalue weighted by Gasteiger charge is -2.44. The highest BCUT2D eigenvalue weighted by molar-refractivity contribution is 4.90. The summed E-state index contributed by atoms with van der Waals surface area (Å²) in [6.45, 7) is -0.816. The van der Waals surface area contributed by atoms with Gasteiger partial charge in [0.15, 0.2) is 18.9 Å². The van der Waals surface area contributed by atoms with E-state index in [1.807, 2.05) is 0 Å². The van der Waals surface area contributed by atoms with Crippen LogP contribution in [0.1, 0.15) is 0 Å². The van der Waals surface area contributed by atoms with Crippen molar-refractivity contribution in [3.05, 3.63) is 0 Å². The number of aliphatic hydroxyl groups excluding tert-OH is 7. The predicted octanol–water partition coefficient (Wildman–Crippen LogP) is -5.00. The third kappa shape index (κ3) is 4.88. The molecule has 0 aromatic heterocycles. The molecule has 3 aliphatic rings. The van der Waals surface area contributed by atoms with Gasteiger partial charge in [-0.15, -0.1) is 0 Å². The zero-order valence-corrected chi connectivity index (χ0v) is 15.6. The third-order valence-electron chi connectivity index (χ3n) is 5.15. The van der Waals surface area contributed by atoms with E-state index in [1.54, 1.807) is 0 Å². The second-order valence-electron chi connectivity index (χ2n) is 7.20. The predicted molar refractivity (Wildman–Crippen MR) is 88.0 cm³/mol. The lowest BCUT2D eigenvalue weighted by atomic mass is 10.0. The molecule has 0 saturated carbocycles. The zero-order valence-electron chi connectivity index (χ0n) is 15.6. The number of ether oxygens (including phenoxy) is 6. The van der Waals surface area contributed by atoms with Crippen molar-refractivity contribution < 1.29 is 64.2 Å². The van der Waals surface area contributed by atoms with Crippen molar-refractivity contribution in [2.75, 3.05) is 26.9 Å². The summed E-state index contributed by atoms with van der Waals surface area (Å²) in [5.41, 5.74) is 0. The molecule has 0 aliphatic carbocycles. The molecule has 0 spiro atoms. The minimum atomic E-state index is -1.64. The summed E-state index contributed by atoms with van der Waals surface area (Å²) in [6.07, 6.45) is -16.5. The fourth-order valence-electron chi connectivity index (χ4n) is 3.35. The first-order chi connectivity index (χ1) is 13.7. The third-order valence-corrected chi connectivity index (χ3v) is 5.15. The van der Waals surface area contributed by atoms with E-state index in [1.165, 1.54) is 7.11 Å². The Labute approximate surface area is 165 Å². The summed E-state index contributed by atoms with van der Waals surface area (Å²) in [7, 11) is 1.30. The minimum absolute atomic E-state index is 0.171. The molecule has 3 fully saturated rings. The van der Waals surface area contributed by atoms with Gasteiger partial charge >= 0.3 is 0 Å². The van der Waals surface area contributed by atoms with Crippen molar-refractivity contribution in [2.24, 2.45) is 0 Å².